The Morgan fingerprint density at radius 3 is 2.57 bits per heavy atom. The molecule has 4 heteroatoms. The van der Waals surface area contributed by atoms with Crippen LogP contribution in [0.3, 0.4) is 0 Å². The highest BCUT2D eigenvalue weighted by Gasteiger charge is 2.12. The monoisotopic (exact) mass is 373 g/mol. The summed E-state index contributed by atoms with van der Waals surface area (Å²) in [6.45, 7) is 2.24. The lowest BCUT2D eigenvalue weighted by molar-refractivity contribution is 0.467. The third kappa shape index (κ3) is 3.86. The van der Waals surface area contributed by atoms with Crippen molar-refractivity contribution in [3.05, 3.63) is 60.2 Å². The summed E-state index contributed by atoms with van der Waals surface area (Å²) in [7, 11) is 0. The van der Waals surface area contributed by atoms with Crippen LogP contribution in [0.4, 0.5) is 0 Å². The first kappa shape index (κ1) is 18.5. The van der Waals surface area contributed by atoms with E-state index in [-0.39, 0.29) is 5.75 Å². The van der Waals surface area contributed by atoms with Gasteiger partial charge in [-0.2, -0.15) is 0 Å². The normalized spacial score (nSPS) is 11.5. The third-order valence-corrected chi connectivity index (χ3v) is 5.35. The van der Waals surface area contributed by atoms with E-state index in [9.17, 15) is 5.11 Å². The summed E-state index contributed by atoms with van der Waals surface area (Å²) in [5.41, 5.74) is 3.55. The first-order valence-corrected chi connectivity index (χ1v) is 10.3. The van der Waals surface area contributed by atoms with E-state index in [2.05, 4.69) is 35.3 Å². The predicted molar refractivity (Wildman–Crippen MR) is 115 cm³/mol. The molecular formula is C24H27N3O. The van der Waals surface area contributed by atoms with Crippen LogP contribution in [0.1, 0.15) is 51.0 Å². The van der Waals surface area contributed by atoms with Gasteiger partial charge >= 0.3 is 0 Å². The van der Waals surface area contributed by atoms with Gasteiger partial charge in [0, 0.05) is 5.39 Å². The Balaban J connectivity index is 1.57. The highest BCUT2D eigenvalue weighted by atomic mass is 16.3. The zero-order valence-electron chi connectivity index (χ0n) is 16.4. The second-order valence-corrected chi connectivity index (χ2v) is 7.48. The van der Waals surface area contributed by atoms with Crippen LogP contribution in [-0.2, 0) is 6.42 Å². The molecule has 4 nitrogen and oxygen atoms in total. The third-order valence-electron chi connectivity index (χ3n) is 5.35. The molecule has 1 heterocycles. The van der Waals surface area contributed by atoms with E-state index in [1.807, 2.05) is 30.3 Å². The Labute approximate surface area is 165 Å². The minimum absolute atomic E-state index is 0.205. The molecule has 3 aromatic carbocycles. The van der Waals surface area contributed by atoms with E-state index in [0.29, 0.717) is 5.69 Å². The molecule has 4 aromatic rings. The molecule has 0 spiro atoms. The fourth-order valence-corrected chi connectivity index (χ4v) is 3.75. The number of unbranched alkanes of at least 4 members (excludes halogenated alkanes) is 5. The van der Waals surface area contributed by atoms with Gasteiger partial charge in [0.25, 0.3) is 0 Å². The van der Waals surface area contributed by atoms with Gasteiger partial charge in [0.05, 0.1) is 0 Å². The van der Waals surface area contributed by atoms with Crippen molar-refractivity contribution in [1.29, 1.82) is 0 Å². The molecular weight excluding hydrogens is 346 g/mol. The number of rotatable bonds is 8. The molecule has 0 saturated carbocycles. The fourth-order valence-electron chi connectivity index (χ4n) is 3.75. The number of aromatic nitrogens is 3. The van der Waals surface area contributed by atoms with Crippen LogP contribution in [-0.4, -0.2) is 20.1 Å². The number of phenolic OH excluding ortho intramolecular Hbond substituents is 1. The maximum absolute atomic E-state index is 10.4. The largest absolute Gasteiger partial charge is 0.506 e. The molecule has 0 aliphatic heterocycles. The van der Waals surface area contributed by atoms with Crippen molar-refractivity contribution in [2.24, 2.45) is 0 Å². The van der Waals surface area contributed by atoms with Crippen LogP contribution in [0.5, 0.6) is 5.75 Å². The lowest BCUT2D eigenvalue weighted by Gasteiger charge is -2.07. The maximum Gasteiger partial charge on any atom is 0.143 e. The number of nitrogens with zero attached hydrogens (tertiary/aromatic N) is 3. The van der Waals surface area contributed by atoms with Crippen LogP contribution < -0.4 is 0 Å². The van der Waals surface area contributed by atoms with Gasteiger partial charge in [-0.05, 0) is 42.0 Å². The summed E-state index contributed by atoms with van der Waals surface area (Å²) in [5, 5.41) is 21.9. The smallest absolute Gasteiger partial charge is 0.143 e. The number of phenols is 1. The van der Waals surface area contributed by atoms with Gasteiger partial charge in [-0.15, -0.1) is 15.0 Å². The van der Waals surface area contributed by atoms with Gasteiger partial charge in [0.2, 0.25) is 0 Å². The SMILES string of the molecule is CCCCCCCCc1ccc(O)c(-n2nc3ccc4ccccc4c3n2)c1. The summed E-state index contributed by atoms with van der Waals surface area (Å²) < 4.78 is 0. The summed E-state index contributed by atoms with van der Waals surface area (Å²) in [6.07, 6.45) is 8.69. The van der Waals surface area contributed by atoms with Gasteiger partial charge in [-0.1, -0.05) is 75.4 Å². The lowest BCUT2D eigenvalue weighted by atomic mass is 10.0. The first-order valence-electron chi connectivity index (χ1n) is 10.3. The quantitative estimate of drug-likeness (QED) is 0.375. The number of benzene rings is 3. The molecule has 1 N–H and O–H groups in total. The van der Waals surface area contributed by atoms with Crippen molar-refractivity contribution in [3.63, 3.8) is 0 Å². The van der Waals surface area contributed by atoms with Crippen molar-refractivity contribution in [2.75, 3.05) is 0 Å². The molecule has 1 aromatic heterocycles. The van der Waals surface area contributed by atoms with E-state index < -0.39 is 0 Å². The van der Waals surface area contributed by atoms with E-state index in [1.54, 1.807) is 10.9 Å². The molecule has 0 saturated heterocycles. The predicted octanol–water partition coefficient (Wildman–Crippen LogP) is 6.18. The summed E-state index contributed by atoms with van der Waals surface area (Å²) >= 11 is 0. The van der Waals surface area contributed by atoms with Crippen molar-refractivity contribution in [1.82, 2.24) is 15.0 Å². The molecule has 0 aliphatic rings. The van der Waals surface area contributed by atoms with E-state index >= 15 is 0 Å². The molecule has 4 rings (SSSR count). The van der Waals surface area contributed by atoms with Crippen molar-refractivity contribution in [2.45, 2.75) is 51.9 Å². The van der Waals surface area contributed by atoms with E-state index in [4.69, 9.17) is 0 Å². The standard InChI is InChI=1S/C24H27N3O/c1-2-3-4-5-6-7-10-18-13-16-23(28)22(17-18)27-25-21-15-14-19-11-8-9-12-20(19)24(21)26-27/h8-9,11-17,28H,2-7,10H2,1H3. The average molecular weight is 374 g/mol. The van der Waals surface area contributed by atoms with Crippen LogP contribution in [0, 0.1) is 0 Å². The van der Waals surface area contributed by atoms with Crippen molar-refractivity contribution in [3.8, 4) is 11.4 Å². The lowest BCUT2D eigenvalue weighted by Crippen LogP contribution is -2.00. The molecule has 144 valence electrons. The van der Waals surface area contributed by atoms with Crippen molar-refractivity contribution < 1.29 is 5.11 Å². The highest BCUT2D eigenvalue weighted by Crippen LogP contribution is 2.27. The van der Waals surface area contributed by atoms with Crippen LogP contribution in [0.25, 0.3) is 27.5 Å². The van der Waals surface area contributed by atoms with Gasteiger partial charge < -0.3 is 5.11 Å². The topological polar surface area (TPSA) is 50.9 Å². The van der Waals surface area contributed by atoms with Crippen LogP contribution in [0.2, 0.25) is 0 Å². The summed E-state index contributed by atoms with van der Waals surface area (Å²) in [4.78, 5) is 1.57. The maximum atomic E-state index is 10.4. The van der Waals surface area contributed by atoms with Gasteiger partial charge in [-0.3, -0.25) is 0 Å². The second-order valence-electron chi connectivity index (χ2n) is 7.48. The molecule has 0 fully saturated rings. The van der Waals surface area contributed by atoms with Crippen LogP contribution >= 0.6 is 0 Å². The van der Waals surface area contributed by atoms with Gasteiger partial charge in [0.1, 0.15) is 22.5 Å². The highest BCUT2D eigenvalue weighted by molar-refractivity contribution is 6.03. The molecule has 28 heavy (non-hydrogen) atoms. The summed E-state index contributed by atoms with van der Waals surface area (Å²) in [6, 6.07) is 18.0. The fraction of sp³-hybridized carbons (Fsp3) is 0.333. The Morgan fingerprint density at radius 2 is 1.68 bits per heavy atom. The van der Waals surface area contributed by atoms with Crippen molar-refractivity contribution >= 4 is 21.8 Å². The number of hydrogen-bond donors (Lipinski definition) is 1. The Morgan fingerprint density at radius 1 is 0.857 bits per heavy atom. The molecule has 0 unspecified atom stereocenters. The van der Waals surface area contributed by atoms with E-state index in [1.165, 1.54) is 44.1 Å². The molecule has 0 bridgehead atoms. The minimum atomic E-state index is 0.205. The Kier molecular flexibility index (Phi) is 5.56. The average Bonchev–Trinajstić information content (AvgIpc) is 3.16. The Bertz CT molecular complexity index is 1080. The van der Waals surface area contributed by atoms with Gasteiger partial charge in [-0.25, -0.2) is 0 Å². The number of hydrogen-bond acceptors (Lipinski definition) is 3. The molecule has 0 radical (unpaired) electrons. The summed E-state index contributed by atoms with van der Waals surface area (Å²) in [5.74, 6) is 0.205. The second kappa shape index (κ2) is 8.42. The molecule has 0 aliphatic carbocycles. The Hall–Kier alpha value is -2.88. The molecule has 0 atom stereocenters. The van der Waals surface area contributed by atoms with E-state index in [0.717, 1.165) is 28.2 Å². The zero-order valence-corrected chi connectivity index (χ0v) is 16.4. The number of aromatic hydroxyl groups is 1. The minimum Gasteiger partial charge on any atom is -0.506 e. The first-order chi connectivity index (χ1) is 13.8. The number of aryl methyl sites for hydroxylation is 1. The zero-order chi connectivity index (χ0) is 19.3. The number of fused-ring (bicyclic) bond motifs is 3. The molecule has 0 amide bonds. The van der Waals surface area contributed by atoms with Crippen LogP contribution in [0.15, 0.2) is 54.6 Å². The van der Waals surface area contributed by atoms with Gasteiger partial charge in [0.15, 0.2) is 0 Å².